The Balaban J connectivity index is 1.81. The first kappa shape index (κ1) is 35.3. The zero-order chi connectivity index (χ0) is 33.1. The van der Waals surface area contributed by atoms with Gasteiger partial charge >= 0.3 is 35.9 Å². The van der Waals surface area contributed by atoms with Gasteiger partial charge in [0.2, 0.25) is 0 Å². The minimum Gasteiger partial charge on any atom is -0.462 e. The van der Waals surface area contributed by atoms with Gasteiger partial charge in [0, 0.05) is 46.5 Å². The molecule has 0 amide bonds. The molecule has 0 aromatic carbocycles. The number of esters is 3. The Kier molecular flexibility index (Phi) is 10.7. The predicted molar refractivity (Wildman–Crippen MR) is 147 cm³/mol. The number of hydrogen-bond acceptors (Lipinski definition) is 6. The molecule has 2 saturated carbocycles. The highest BCUT2D eigenvalue weighted by Crippen LogP contribution is 2.57. The summed E-state index contributed by atoms with van der Waals surface area (Å²) in [4.78, 5) is 34.3. The van der Waals surface area contributed by atoms with E-state index in [4.69, 9.17) is 9.47 Å². The fourth-order valence-electron chi connectivity index (χ4n) is 6.85. The molecule has 3 rings (SSSR count). The van der Waals surface area contributed by atoms with Crippen LogP contribution in [0.25, 0.3) is 0 Å². The van der Waals surface area contributed by atoms with Crippen LogP contribution in [0.5, 0.6) is 0 Å². The van der Waals surface area contributed by atoms with E-state index < -0.39 is 54.0 Å². The van der Waals surface area contributed by atoms with Crippen LogP contribution < -0.4 is 0 Å². The maximum absolute atomic E-state index is 13.6. The summed E-state index contributed by atoms with van der Waals surface area (Å²) in [5, 5.41) is 0. The predicted octanol–water partition coefficient (Wildman–Crippen LogP) is 7.48. The Bertz CT molecular complexity index is 1240. The summed E-state index contributed by atoms with van der Waals surface area (Å²) in [5.41, 5.74) is -2.21. The molecule has 5 atom stereocenters. The minimum atomic E-state index is -5.98. The van der Waals surface area contributed by atoms with E-state index in [-0.39, 0.29) is 17.8 Å². The first-order valence-corrected chi connectivity index (χ1v) is 14.6. The topological polar surface area (TPSA) is 78.9 Å². The number of halogens is 6. The number of fused-ring (bicyclic) bond motifs is 1. The molecule has 0 saturated heterocycles. The number of alkyl halides is 6. The van der Waals surface area contributed by atoms with E-state index in [1.54, 1.807) is 6.92 Å². The SMILES string of the molecule is CC(=O)O[C@@H]1CC(=C/C=C2\CCC[C@]3(C)C([C@H](C)CC#CC(OC(C)=O)(C(F)(F)F)C(F)(F)F)=CC[C@@H]23)C[C@@H](OC(C)=O)C1. The molecule has 2 fully saturated rings. The van der Waals surface area contributed by atoms with Crippen molar-refractivity contribution in [2.75, 3.05) is 0 Å². The van der Waals surface area contributed by atoms with E-state index in [0.717, 1.165) is 36.0 Å². The summed E-state index contributed by atoms with van der Waals surface area (Å²) < 4.78 is 96.0. The molecule has 0 N–H and O–H groups in total. The lowest BCUT2D eigenvalue weighted by Gasteiger charge is -2.42. The standard InChI is InChI=1S/C32H38F6O6/c1-19(8-6-15-30(31(33,34)35,32(36,37)38)44-22(4)41)27-12-13-28-24(9-7-14-29(27,28)5)11-10-23-16-25(42-20(2)39)18-26(17-23)43-21(3)40/h10-12,19,25-26,28H,7-9,13-14,16-18H2,1-5H3/b24-11+/t19-,25-,26-,28+,29-/m1/s1. The smallest absolute Gasteiger partial charge is 0.450 e. The number of carbonyl (C=O) groups is 3. The van der Waals surface area contributed by atoms with Gasteiger partial charge in [0.05, 0.1) is 0 Å². The van der Waals surface area contributed by atoms with E-state index in [1.165, 1.54) is 19.8 Å². The molecule has 0 spiro atoms. The van der Waals surface area contributed by atoms with Gasteiger partial charge < -0.3 is 14.2 Å². The highest BCUT2D eigenvalue weighted by Gasteiger charge is 2.74. The van der Waals surface area contributed by atoms with Crippen molar-refractivity contribution in [3.05, 3.63) is 34.9 Å². The summed E-state index contributed by atoms with van der Waals surface area (Å²) in [6, 6.07) is 0. The van der Waals surface area contributed by atoms with Crippen LogP contribution in [0.1, 0.15) is 86.0 Å². The van der Waals surface area contributed by atoms with Gasteiger partial charge in [0.25, 0.3) is 0 Å². The molecule has 6 nitrogen and oxygen atoms in total. The van der Waals surface area contributed by atoms with Crippen LogP contribution in [0.4, 0.5) is 26.3 Å². The van der Waals surface area contributed by atoms with Gasteiger partial charge in [-0.2, -0.15) is 26.3 Å². The summed E-state index contributed by atoms with van der Waals surface area (Å²) >= 11 is 0. The van der Waals surface area contributed by atoms with Crippen molar-refractivity contribution in [3.63, 3.8) is 0 Å². The molecule has 0 bridgehead atoms. The molecular weight excluding hydrogens is 594 g/mol. The number of allylic oxidation sites excluding steroid dienone is 5. The van der Waals surface area contributed by atoms with Crippen LogP contribution >= 0.6 is 0 Å². The van der Waals surface area contributed by atoms with Crippen LogP contribution in [0.3, 0.4) is 0 Å². The molecule has 3 aliphatic carbocycles. The van der Waals surface area contributed by atoms with Crippen molar-refractivity contribution in [1.82, 2.24) is 0 Å². The second-order valence-electron chi connectivity index (χ2n) is 12.1. The number of rotatable bonds is 6. The lowest BCUT2D eigenvalue weighted by molar-refractivity contribution is -0.345. The minimum absolute atomic E-state index is 0.0844. The largest absolute Gasteiger partial charge is 0.462 e. The van der Waals surface area contributed by atoms with E-state index in [9.17, 15) is 40.7 Å². The van der Waals surface area contributed by atoms with Crippen molar-refractivity contribution in [2.24, 2.45) is 17.3 Å². The lowest BCUT2D eigenvalue weighted by Crippen LogP contribution is -2.58. The number of carbonyl (C=O) groups excluding carboxylic acids is 3. The van der Waals surface area contributed by atoms with E-state index >= 15 is 0 Å². The lowest BCUT2D eigenvalue weighted by atomic mass is 9.62. The fraction of sp³-hybridized carbons (Fsp3) is 0.656. The monoisotopic (exact) mass is 632 g/mol. The average Bonchev–Trinajstić information content (AvgIpc) is 3.21. The van der Waals surface area contributed by atoms with Gasteiger partial charge in [-0.3, -0.25) is 14.4 Å². The summed E-state index contributed by atoms with van der Waals surface area (Å²) in [5.74, 6) is 0.325. The van der Waals surface area contributed by atoms with E-state index in [2.05, 4.69) is 11.7 Å². The highest BCUT2D eigenvalue weighted by molar-refractivity contribution is 5.68. The zero-order valence-corrected chi connectivity index (χ0v) is 25.4. The first-order chi connectivity index (χ1) is 20.3. The molecule has 0 heterocycles. The molecule has 0 aliphatic heterocycles. The molecule has 0 unspecified atom stereocenters. The second kappa shape index (κ2) is 13.4. The van der Waals surface area contributed by atoms with Crippen molar-refractivity contribution < 1.29 is 54.9 Å². The molecule has 0 aromatic heterocycles. The molecule has 44 heavy (non-hydrogen) atoms. The first-order valence-electron chi connectivity index (χ1n) is 14.6. The van der Waals surface area contributed by atoms with Gasteiger partial charge in [0.15, 0.2) is 0 Å². The number of hydrogen-bond donors (Lipinski definition) is 0. The summed E-state index contributed by atoms with van der Waals surface area (Å²) in [6.07, 6.45) is -2.53. The maximum Gasteiger partial charge on any atom is 0.450 e. The van der Waals surface area contributed by atoms with Crippen molar-refractivity contribution in [2.45, 2.75) is 116 Å². The Labute approximate surface area is 253 Å². The van der Waals surface area contributed by atoms with E-state index in [1.807, 2.05) is 24.1 Å². The summed E-state index contributed by atoms with van der Waals surface area (Å²) in [7, 11) is 0. The molecule has 0 radical (unpaired) electrons. The van der Waals surface area contributed by atoms with Gasteiger partial charge in [0.1, 0.15) is 12.2 Å². The fourth-order valence-corrected chi connectivity index (χ4v) is 6.85. The van der Waals surface area contributed by atoms with Gasteiger partial charge in [-0.05, 0) is 48.9 Å². The van der Waals surface area contributed by atoms with Crippen LogP contribution in [-0.4, -0.2) is 48.1 Å². The Morgan fingerprint density at radius 3 is 2.05 bits per heavy atom. The van der Waals surface area contributed by atoms with Crippen LogP contribution in [0, 0.1) is 29.1 Å². The van der Waals surface area contributed by atoms with Crippen LogP contribution in [-0.2, 0) is 28.6 Å². The van der Waals surface area contributed by atoms with Crippen LogP contribution in [0.15, 0.2) is 34.9 Å². The Hall–Kier alpha value is -3.23. The van der Waals surface area contributed by atoms with Gasteiger partial charge in [-0.1, -0.05) is 54.7 Å². The summed E-state index contributed by atoms with van der Waals surface area (Å²) in [6.45, 7) is 6.89. The van der Waals surface area contributed by atoms with Gasteiger partial charge in [-0.15, -0.1) is 0 Å². The van der Waals surface area contributed by atoms with Crippen molar-refractivity contribution >= 4 is 17.9 Å². The third kappa shape index (κ3) is 7.88. The molecule has 3 aliphatic rings. The molecular formula is C32H38F6O6. The normalized spacial score (nSPS) is 27.3. The highest BCUT2D eigenvalue weighted by atomic mass is 19.4. The third-order valence-corrected chi connectivity index (χ3v) is 8.61. The maximum atomic E-state index is 13.6. The molecule has 12 heteroatoms. The molecule has 244 valence electrons. The van der Waals surface area contributed by atoms with E-state index in [0.29, 0.717) is 32.6 Å². The van der Waals surface area contributed by atoms with Crippen molar-refractivity contribution in [3.8, 4) is 11.8 Å². The third-order valence-electron chi connectivity index (χ3n) is 8.61. The Morgan fingerprint density at radius 2 is 1.55 bits per heavy atom. The average molecular weight is 633 g/mol. The van der Waals surface area contributed by atoms with Gasteiger partial charge in [-0.25, -0.2) is 0 Å². The molecule has 0 aromatic rings. The quantitative estimate of drug-likeness (QED) is 0.0994. The van der Waals surface area contributed by atoms with Crippen LogP contribution in [0.2, 0.25) is 0 Å². The van der Waals surface area contributed by atoms with Crippen molar-refractivity contribution in [1.29, 1.82) is 0 Å². The zero-order valence-electron chi connectivity index (χ0n) is 25.4. The Morgan fingerprint density at radius 1 is 0.977 bits per heavy atom. The number of ether oxygens (including phenoxy) is 3. The second-order valence-corrected chi connectivity index (χ2v) is 12.1.